The summed E-state index contributed by atoms with van der Waals surface area (Å²) in [6.45, 7) is 5.32. The Balaban J connectivity index is 1.96. The van der Waals surface area contributed by atoms with E-state index in [2.05, 4.69) is 42.3 Å². The van der Waals surface area contributed by atoms with Gasteiger partial charge < -0.3 is 5.32 Å². The SMILES string of the molecule is Cc1ccc(C)c(-c2ccnc(C3CCCCN3)n2)c1. The van der Waals surface area contributed by atoms with Crippen molar-refractivity contribution in [3.63, 3.8) is 0 Å². The molecule has 104 valence electrons. The van der Waals surface area contributed by atoms with Crippen LogP contribution >= 0.6 is 0 Å². The first-order chi connectivity index (χ1) is 9.74. The molecule has 2 aromatic rings. The molecular weight excluding hydrogens is 246 g/mol. The molecule has 1 aromatic heterocycles. The summed E-state index contributed by atoms with van der Waals surface area (Å²) >= 11 is 0. The maximum Gasteiger partial charge on any atom is 0.145 e. The number of benzene rings is 1. The minimum atomic E-state index is 0.314. The van der Waals surface area contributed by atoms with E-state index in [1.165, 1.54) is 29.5 Å². The normalized spacial score (nSPS) is 19.0. The Hall–Kier alpha value is -1.74. The third-order valence-electron chi connectivity index (χ3n) is 3.97. The van der Waals surface area contributed by atoms with E-state index in [9.17, 15) is 0 Å². The maximum absolute atomic E-state index is 4.80. The molecule has 2 heterocycles. The van der Waals surface area contributed by atoms with Gasteiger partial charge in [0.1, 0.15) is 5.82 Å². The molecule has 1 N–H and O–H groups in total. The van der Waals surface area contributed by atoms with Crippen LogP contribution in [0.25, 0.3) is 11.3 Å². The van der Waals surface area contributed by atoms with Gasteiger partial charge in [0.15, 0.2) is 0 Å². The van der Waals surface area contributed by atoms with Gasteiger partial charge in [-0.3, -0.25) is 0 Å². The average Bonchev–Trinajstić information content (AvgIpc) is 2.51. The highest BCUT2D eigenvalue weighted by molar-refractivity contribution is 5.64. The van der Waals surface area contributed by atoms with Gasteiger partial charge in [0.05, 0.1) is 11.7 Å². The van der Waals surface area contributed by atoms with Gasteiger partial charge in [-0.25, -0.2) is 9.97 Å². The maximum atomic E-state index is 4.80. The Kier molecular flexibility index (Phi) is 3.79. The van der Waals surface area contributed by atoms with Gasteiger partial charge >= 0.3 is 0 Å². The molecule has 1 atom stereocenters. The summed E-state index contributed by atoms with van der Waals surface area (Å²) in [6.07, 6.45) is 5.54. The minimum absolute atomic E-state index is 0.314. The molecular formula is C17H21N3. The molecule has 20 heavy (non-hydrogen) atoms. The van der Waals surface area contributed by atoms with Gasteiger partial charge in [0.25, 0.3) is 0 Å². The second-order valence-corrected chi connectivity index (χ2v) is 5.62. The van der Waals surface area contributed by atoms with E-state index >= 15 is 0 Å². The molecule has 0 spiro atoms. The Labute approximate surface area is 120 Å². The number of hydrogen-bond donors (Lipinski definition) is 1. The summed E-state index contributed by atoms with van der Waals surface area (Å²) in [7, 11) is 0. The first-order valence-electron chi connectivity index (χ1n) is 7.38. The summed E-state index contributed by atoms with van der Waals surface area (Å²) in [4.78, 5) is 9.26. The van der Waals surface area contributed by atoms with Crippen LogP contribution in [-0.4, -0.2) is 16.5 Å². The molecule has 0 saturated carbocycles. The van der Waals surface area contributed by atoms with Crippen molar-refractivity contribution >= 4 is 0 Å². The van der Waals surface area contributed by atoms with Crippen molar-refractivity contribution in [2.45, 2.75) is 39.2 Å². The first kappa shape index (κ1) is 13.3. The number of nitrogens with zero attached hydrogens (tertiary/aromatic N) is 2. The molecule has 0 radical (unpaired) electrons. The number of aromatic nitrogens is 2. The zero-order valence-electron chi connectivity index (χ0n) is 12.2. The predicted octanol–water partition coefficient (Wildman–Crippen LogP) is 3.58. The molecule has 3 nitrogen and oxygen atoms in total. The van der Waals surface area contributed by atoms with Crippen molar-refractivity contribution in [1.29, 1.82) is 0 Å². The zero-order valence-corrected chi connectivity index (χ0v) is 12.2. The molecule has 1 aromatic carbocycles. The molecule has 0 aliphatic carbocycles. The Morgan fingerprint density at radius 1 is 1.15 bits per heavy atom. The molecule has 1 unspecified atom stereocenters. The zero-order chi connectivity index (χ0) is 13.9. The van der Waals surface area contributed by atoms with Crippen molar-refractivity contribution in [2.75, 3.05) is 6.54 Å². The highest BCUT2D eigenvalue weighted by atomic mass is 15.0. The fourth-order valence-electron chi connectivity index (χ4n) is 2.78. The third kappa shape index (κ3) is 2.73. The molecule has 0 bridgehead atoms. The van der Waals surface area contributed by atoms with Crippen molar-refractivity contribution in [3.8, 4) is 11.3 Å². The predicted molar refractivity (Wildman–Crippen MR) is 81.5 cm³/mol. The van der Waals surface area contributed by atoms with Gasteiger partial charge in [0, 0.05) is 11.8 Å². The summed E-state index contributed by atoms with van der Waals surface area (Å²) in [6, 6.07) is 8.83. The number of rotatable bonds is 2. The monoisotopic (exact) mass is 267 g/mol. The Morgan fingerprint density at radius 2 is 2.05 bits per heavy atom. The van der Waals surface area contributed by atoms with Crippen molar-refractivity contribution in [1.82, 2.24) is 15.3 Å². The summed E-state index contributed by atoms with van der Waals surface area (Å²) in [5.41, 5.74) is 4.77. The van der Waals surface area contributed by atoms with Crippen LogP contribution in [0.3, 0.4) is 0 Å². The van der Waals surface area contributed by atoms with Crippen LogP contribution in [0, 0.1) is 13.8 Å². The van der Waals surface area contributed by atoms with Crippen LogP contribution in [-0.2, 0) is 0 Å². The molecule has 1 aliphatic rings. The standard InChI is InChI=1S/C17H21N3/c1-12-6-7-13(2)14(11-12)15-8-10-19-17(20-15)16-5-3-4-9-18-16/h6-8,10-11,16,18H,3-5,9H2,1-2H3. The molecule has 3 rings (SSSR count). The fraction of sp³-hybridized carbons (Fsp3) is 0.412. The summed E-state index contributed by atoms with van der Waals surface area (Å²) < 4.78 is 0. The highest BCUT2D eigenvalue weighted by Crippen LogP contribution is 2.25. The van der Waals surface area contributed by atoms with Gasteiger partial charge in [-0.1, -0.05) is 24.1 Å². The molecule has 1 aliphatic heterocycles. The van der Waals surface area contributed by atoms with Gasteiger partial charge in [0.2, 0.25) is 0 Å². The average molecular weight is 267 g/mol. The van der Waals surface area contributed by atoms with E-state index in [4.69, 9.17) is 4.98 Å². The molecule has 3 heteroatoms. The second kappa shape index (κ2) is 5.71. The fourth-order valence-corrected chi connectivity index (χ4v) is 2.78. The van der Waals surface area contributed by atoms with Crippen LogP contribution in [0.4, 0.5) is 0 Å². The van der Waals surface area contributed by atoms with Gasteiger partial charge in [-0.05, 0) is 50.9 Å². The van der Waals surface area contributed by atoms with E-state index in [1.807, 2.05) is 12.3 Å². The van der Waals surface area contributed by atoms with E-state index in [1.54, 1.807) is 0 Å². The topological polar surface area (TPSA) is 37.8 Å². The minimum Gasteiger partial charge on any atom is -0.307 e. The number of piperidine rings is 1. The second-order valence-electron chi connectivity index (χ2n) is 5.62. The lowest BCUT2D eigenvalue weighted by atomic mass is 10.0. The molecule has 1 fully saturated rings. The third-order valence-corrected chi connectivity index (χ3v) is 3.97. The van der Waals surface area contributed by atoms with Gasteiger partial charge in [-0.15, -0.1) is 0 Å². The number of aryl methyl sites for hydroxylation is 2. The quantitative estimate of drug-likeness (QED) is 0.903. The number of nitrogens with one attached hydrogen (secondary N) is 1. The lowest BCUT2D eigenvalue weighted by Gasteiger charge is -2.22. The number of hydrogen-bond acceptors (Lipinski definition) is 3. The summed E-state index contributed by atoms with van der Waals surface area (Å²) in [5, 5.41) is 3.52. The Morgan fingerprint density at radius 3 is 2.85 bits per heavy atom. The summed E-state index contributed by atoms with van der Waals surface area (Å²) in [5.74, 6) is 0.933. The smallest absolute Gasteiger partial charge is 0.145 e. The van der Waals surface area contributed by atoms with E-state index in [0.717, 1.165) is 24.5 Å². The largest absolute Gasteiger partial charge is 0.307 e. The van der Waals surface area contributed by atoms with Crippen molar-refractivity contribution in [2.24, 2.45) is 0 Å². The Bertz CT molecular complexity index is 601. The van der Waals surface area contributed by atoms with Crippen molar-refractivity contribution < 1.29 is 0 Å². The van der Waals surface area contributed by atoms with Crippen LogP contribution in [0.5, 0.6) is 0 Å². The van der Waals surface area contributed by atoms with Crippen LogP contribution in [0.15, 0.2) is 30.5 Å². The molecule has 1 saturated heterocycles. The highest BCUT2D eigenvalue weighted by Gasteiger charge is 2.18. The van der Waals surface area contributed by atoms with Crippen LogP contribution in [0.2, 0.25) is 0 Å². The van der Waals surface area contributed by atoms with E-state index in [-0.39, 0.29) is 0 Å². The van der Waals surface area contributed by atoms with E-state index in [0.29, 0.717) is 6.04 Å². The van der Waals surface area contributed by atoms with E-state index < -0.39 is 0 Å². The van der Waals surface area contributed by atoms with Crippen molar-refractivity contribution in [3.05, 3.63) is 47.4 Å². The lowest BCUT2D eigenvalue weighted by molar-refractivity contribution is 0.397. The van der Waals surface area contributed by atoms with Gasteiger partial charge in [-0.2, -0.15) is 0 Å². The van der Waals surface area contributed by atoms with Crippen LogP contribution in [0.1, 0.15) is 42.3 Å². The lowest BCUT2D eigenvalue weighted by Crippen LogP contribution is -2.28. The first-order valence-corrected chi connectivity index (χ1v) is 7.38. The molecule has 0 amide bonds. The van der Waals surface area contributed by atoms with Crippen LogP contribution < -0.4 is 5.32 Å².